The summed E-state index contributed by atoms with van der Waals surface area (Å²) in [7, 11) is 1.70. The van der Waals surface area contributed by atoms with Crippen LogP contribution in [0.15, 0.2) is 41.9 Å². The lowest BCUT2D eigenvalue weighted by atomic mass is 9.84. The second-order valence-electron chi connectivity index (χ2n) is 15.5. The molecule has 11 nitrogen and oxygen atoms in total. The molecule has 3 aliphatic rings. The highest BCUT2D eigenvalue weighted by Crippen LogP contribution is 2.46. The number of esters is 1. The molecule has 4 aromatic rings. The monoisotopic (exact) mass is 726 g/mol. The Balaban J connectivity index is 1.35. The number of nitrogens with zero attached hydrogens (tertiary/aromatic N) is 4. The number of hydrazine groups is 1. The van der Waals surface area contributed by atoms with Crippen molar-refractivity contribution in [1.82, 2.24) is 30.3 Å². The zero-order chi connectivity index (χ0) is 36.9. The number of thiazole rings is 1. The van der Waals surface area contributed by atoms with Gasteiger partial charge in [0.1, 0.15) is 12.1 Å². The third-order valence-electron chi connectivity index (χ3n) is 11.3. The van der Waals surface area contributed by atoms with Gasteiger partial charge >= 0.3 is 5.97 Å². The number of nitrogens with one attached hydrogen (secondary N) is 2. The van der Waals surface area contributed by atoms with Crippen LogP contribution < -0.4 is 10.7 Å². The minimum Gasteiger partial charge on any atom is -0.464 e. The van der Waals surface area contributed by atoms with Crippen molar-refractivity contribution in [3.05, 3.63) is 58.2 Å². The second kappa shape index (κ2) is 14.4. The van der Waals surface area contributed by atoms with Crippen molar-refractivity contribution < 1.29 is 23.9 Å². The van der Waals surface area contributed by atoms with Gasteiger partial charge in [0, 0.05) is 71.6 Å². The van der Waals surface area contributed by atoms with Gasteiger partial charge in [-0.1, -0.05) is 33.8 Å². The second-order valence-corrected chi connectivity index (χ2v) is 16.5. The van der Waals surface area contributed by atoms with Crippen LogP contribution in [-0.2, 0) is 43.2 Å². The van der Waals surface area contributed by atoms with Gasteiger partial charge < -0.3 is 19.4 Å². The highest BCUT2D eigenvalue weighted by Gasteiger charge is 2.49. The number of carbonyl (C=O) groups excluding carboxylic acids is 3. The van der Waals surface area contributed by atoms with E-state index >= 15 is 0 Å². The van der Waals surface area contributed by atoms with Gasteiger partial charge in [0.2, 0.25) is 5.91 Å². The molecular formula is C40H50N6O5S. The van der Waals surface area contributed by atoms with Gasteiger partial charge in [-0.25, -0.2) is 10.4 Å². The summed E-state index contributed by atoms with van der Waals surface area (Å²) < 4.78 is 14.2. The number of hydrogen-bond acceptors (Lipinski definition) is 9. The normalized spacial score (nSPS) is 25.4. The lowest BCUT2D eigenvalue weighted by Gasteiger charge is -2.35. The molecule has 12 heteroatoms. The van der Waals surface area contributed by atoms with E-state index in [0.29, 0.717) is 25.8 Å². The molecule has 2 fully saturated rings. The highest BCUT2D eigenvalue weighted by molar-refractivity contribution is 7.10. The summed E-state index contributed by atoms with van der Waals surface area (Å²) in [5.74, 6) is -0.351. The molecule has 1 aromatic carbocycles. The third-order valence-corrected chi connectivity index (χ3v) is 12.2. The van der Waals surface area contributed by atoms with Gasteiger partial charge in [-0.05, 0) is 74.8 Å². The maximum absolute atomic E-state index is 14.1. The molecule has 1 saturated carbocycles. The van der Waals surface area contributed by atoms with Crippen LogP contribution in [0.4, 0.5) is 0 Å². The summed E-state index contributed by atoms with van der Waals surface area (Å²) in [5, 5.41) is 8.44. The molecule has 5 heterocycles. The topological polar surface area (TPSA) is 128 Å². The molecule has 0 radical (unpaired) electrons. The smallest absolute Gasteiger partial charge is 0.324 e. The van der Waals surface area contributed by atoms with Crippen LogP contribution in [0.25, 0.3) is 33.4 Å². The molecule has 6 atom stereocenters. The maximum Gasteiger partial charge on any atom is 0.324 e. The lowest BCUT2D eigenvalue weighted by Crippen LogP contribution is -2.60. The van der Waals surface area contributed by atoms with Gasteiger partial charge in [0.15, 0.2) is 0 Å². The number of aryl methyl sites for hydroxylation is 1. The number of pyridine rings is 1. The molecule has 3 aromatic heterocycles. The Bertz CT molecular complexity index is 1990. The molecule has 2 N–H and O–H groups in total. The Morgan fingerprint density at radius 2 is 2.00 bits per heavy atom. The summed E-state index contributed by atoms with van der Waals surface area (Å²) in [6, 6.07) is 9.05. The van der Waals surface area contributed by atoms with Crippen LogP contribution in [0.2, 0.25) is 0 Å². The standard InChI is InChI=1S/C40H50N6O5S/c1-8-45-32-14-13-25-17-27(32)28(36(45)26-11-9-15-41-35(26)24(4)50-7)19-40(5,6)21-51-39(49)29-12-10-16-46(44-29)38(48)30(18-33-42-31(25)20-52-33)43-37(47)34-22(2)23(34)3/h9,11,13-15,17,20,22-24,29-30,34,44H,8,10,12,16,18-19,21H2,1-7H3,(H,43,47)/t22-,23+,24-,29-,30-,34+/m0/s1. The van der Waals surface area contributed by atoms with E-state index in [1.165, 1.54) is 16.3 Å². The zero-order valence-electron chi connectivity index (χ0n) is 31.2. The fourth-order valence-electron chi connectivity index (χ4n) is 7.97. The number of ether oxygens (including phenoxy) is 2. The fraction of sp³-hybridized carbons (Fsp3) is 0.525. The zero-order valence-corrected chi connectivity index (χ0v) is 32.0. The number of amides is 2. The third kappa shape index (κ3) is 6.88. The number of carbonyl (C=O) groups is 3. The number of benzene rings is 1. The largest absolute Gasteiger partial charge is 0.464 e. The van der Waals surface area contributed by atoms with Crippen LogP contribution >= 0.6 is 11.3 Å². The number of rotatable bonds is 6. The van der Waals surface area contributed by atoms with Crippen LogP contribution in [-0.4, -0.2) is 69.7 Å². The molecular weight excluding hydrogens is 677 g/mol. The Hall–Kier alpha value is -4.13. The maximum atomic E-state index is 14.1. The molecule has 7 rings (SSSR count). The van der Waals surface area contributed by atoms with Gasteiger partial charge in [-0.2, -0.15) is 0 Å². The molecule has 0 spiro atoms. The molecule has 1 aliphatic carbocycles. The summed E-state index contributed by atoms with van der Waals surface area (Å²) in [6.07, 6.45) is 3.64. The molecule has 0 unspecified atom stereocenters. The number of fused-ring (bicyclic) bond motifs is 6. The van der Waals surface area contributed by atoms with E-state index in [1.807, 2.05) is 18.4 Å². The van der Waals surface area contributed by atoms with Crippen LogP contribution in [0.3, 0.4) is 0 Å². The number of hydrogen-bond donors (Lipinski definition) is 2. The predicted octanol–water partition coefficient (Wildman–Crippen LogP) is 6.10. The minimum absolute atomic E-state index is 0.113. The summed E-state index contributed by atoms with van der Waals surface area (Å²) >= 11 is 1.49. The number of methoxy groups -OCH3 is 1. The van der Waals surface area contributed by atoms with Crippen molar-refractivity contribution in [2.45, 2.75) is 92.0 Å². The van der Waals surface area contributed by atoms with Crippen LogP contribution in [0.5, 0.6) is 0 Å². The van der Waals surface area contributed by atoms with Crippen molar-refractivity contribution in [2.75, 3.05) is 20.3 Å². The summed E-state index contributed by atoms with van der Waals surface area (Å²) in [6.45, 7) is 13.9. The Morgan fingerprint density at radius 3 is 2.73 bits per heavy atom. The van der Waals surface area contributed by atoms with Crippen LogP contribution in [0.1, 0.15) is 76.8 Å². The first-order valence-electron chi connectivity index (χ1n) is 18.5. The molecule has 2 aliphatic heterocycles. The van der Waals surface area contributed by atoms with Gasteiger partial charge in [0.25, 0.3) is 5.91 Å². The van der Waals surface area contributed by atoms with E-state index in [4.69, 9.17) is 19.4 Å². The van der Waals surface area contributed by atoms with E-state index < -0.39 is 17.5 Å². The number of aromatic nitrogens is 3. The first kappa shape index (κ1) is 36.2. The first-order chi connectivity index (χ1) is 24.9. The van der Waals surface area contributed by atoms with Gasteiger partial charge in [-0.15, -0.1) is 11.3 Å². The van der Waals surface area contributed by atoms with Gasteiger partial charge in [0.05, 0.1) is 34.8 Å². The van der Waals surface area contributed by atoms with E-state index in [-0.39, 0.29) is 54.7 Å². The van der Waals surface area contributed by atoms with Crippen molar-refractivity contribution in [2.24, 2.45) is 23.2 Å². The van der Waals surface area contributed by atoms with E-state index in [1.54, 1.807) is 13.3 Å². The molecule has 6 bridgehead atoms. The Labute approximate surface area is 309 Å². The minimum atomic E-state index is -0.829. The van der Waals surface area contributed by atoms with Crippen molar-refractivity contribution in [1.29, 1.82) is 0 Å². The van der Waals surface area contributed by atoms with E-state index in [0.717, 1.165) is 56.2 Å². The fourth-order valence-corrected chi connectivity index (χ4v) is 8.82. The van der Waals surface area contributed by atoms with Gasteiger partial charge in [-0.3, -0.25) is 24.4 Å². The predicted molar refractivity (Wildman–Crippen MR) is 201 cm³/mol. The first-order valence-corrected chi connectivity index (χ1v) is 19.4. The quantitative estimate of drug-likeness (QED) is 0.228. The summed E-state index contributed by atoms with van der Waals surface area (Å²) in [4.78, 5) is 50.9. The molecule has 276 valence electrons. The Morgan fingerprint density at radius 1 is 1.21 bits per heavy atom. The van der Waals surface area contributed by atoms with Crippen LogP contribution in [0, 0.1) is 23.2 Å². The van der Waals surface area contributed by atoms with E-state index in [2.05, 4.69) is 74.2 Å². The molecule has 52 heavy (non-hydrogen) atoms. The van der Waals surface area contributed by atoms with Crippen molar-refractivity contribution in [3.63, 3.8) is 0 Å². The average Bonchev–Trinajstić information content (AvgIpc) is 3.43. The van der Waals surface area contributed by atoms with Crippen molar-refractivity contribution >= 4 is 40.0 Å². The molecule has 1 saturated heterocycles. The Kier molecular flexibility index (Phi) is 10.0. The number of cyclic esters (lactones) is 1. The SMILES string of the molecule is CCn1c(-c2cccnc2[C@H](C)OC)c2c3cc(ccc31)-c1csc(n1)C[C@H](NC(=O)[C@H]1[C@H](C)[C@@H]1C)C(=O)N1CCC[C@H](N1)C(=O)OCC(C)(C)C2. The van der Waals surface area contributed by atoms with E-state index in [9.17, 15) is 14.4 Å². The molecule has 2 amide bonds. The lowest BCUT2D eigenvalue weighted by molar-refractivity contribution is -0.155. The average molecular weight is 727 g/mol. The summed E-state index contributed by atoms with van der Waals surface area (Å²) in [5.41, 5.74) is 9.69. The highest BCUT2D eigenvalue weighted by atomic mass is 32.1. The van der Waals surface area contributed by atoms with Crippen molar-refractivity contribution in [3.8, 4) is 22.5 Å².